The van der Waals surface area contributed by atoms with Gasteiger partial charge >= 0.3 is 0 Å². The summed E-state index contributed by atoms with van der Waals surface area (Å²) < 4.78 is 0. The minimum Gasteiger partial charge on any atom is -0.260 e. The summed E-state index contributed by atoms with van der Waals surface area (Å²) in [6.07, 6.45) is 0. The SMILES string of the molecule is CN1C#C1. The van der Waals surface area contributed by atoms with Gasteiger partial charge in [-0.2, -0.15) is 0 Å². The molecule has 0 amide bonds. The highest BCUT2D eigenvalue weighted by atomic mass is 15.1. The van der Waals surface area contributed by atoms with Crippen molar-refractivity contribution in [1.82, 2.24) is 4.90 Å². The predicted molar refractivity (Wildman–Crippen MR) is 15.5 cm³/mol. The Balaban J connectivity index is 2.38. The molecule has 0 saturated heterocycles. The molecule has 1 nitrogen and oxygen atoms in total. The highest BCUT2D eigenvalue weighted by Gasteiger charge is 1.88. The molecule has 20 valence electrons. The summed E-state index contributed by atoms with van der Waals surface area (Å²) >= 11 is 0. The number of nitrogens with zero attached hydrogens (tertiary/aromatic N) is 1. The highest BCUT2D eigenvalue weighted by Crippen LogP contribution is 1.81. The van der Waals surface area contributed by atoms with E-state index in [0.717, 1.165) is 0 Å². The molecule has 4 heavy (non-hydrogen) atoms. The minimum atomic E-state index is 1.75. The molecule has 0 N–H and O–H groups in total. The summed E-state index contributed by atoms with van der Waals surface area (Å²) in [5.74, 6) is 0. The van der Waals surface area contributed by atoms with Crippen molar-refractivity contribution in [3.05, 3.63) is 0 Å². The molecule has 0 unspecified atom stereocenters. The zero-order chi connectivity index (χ0) is 2.99. The smallest absolute Gasteiger partial charge is 0.0442 e. The molecule has 1 heteroatoms. The first-order valence-electron chi connectivity index (χ1n) is 1.14. The van der Waals surface area contributed by atoms with E-state index in [0.29, 0.717) is 0 Å². The van der Waals surface area contributed by atoms with Crippen molar-refractivity contribution in [2.24, 2.45) is 0 Å². The van der Waals surface area contributed by atoms with Crippen LogP contribution in [-0.2, 0) is 0 Å². The fourth-order valence-corrected chi connectivity index (χ4v) is 0.0500. The molecule has 0 fully saturated rings. The van der Waals surface area contributed by atoms with Gasteiger partial charge in [0.15, 0.2) is 0 Å². The van der Waals surface area contributed by atoms with Crippen LogP contribution in [0.3, 0.4) is 0 Å². The van der Waals surface area contributed by atoms with Crippen LogP contribution in [0.5, 0.6) is 0 Å². The molecule has 1 rings (SSSR count). The largest absolute Gasteiger partial charge is 0.260 e. The Morgan fingerprint density at radius 2 is 1.75 bits per heavy atom. The van der Waals surface area contributed by atoms with Crippen LogP contribution in [0, 0.1) is 12.1 Å². The van der Waals surface area contributed by atoms with Crippen molar-refractivity contribution >= 4 is 0 Å². The molecule has 0 aromatic heterocycles. The molecule has 0 atom stereocenters. The lowest BCUT2D eigenvalue weighted by Crippen LogP contribution is -1.79. The van der Waals surface area contributed by atoms with Gasteiger partial charge in [-0.15, -0.1) is 0 Å². The standard InChI is InChI=1S/C3H3N/c1-4-2-3-4/h1H3. The maximum Gasteiger partial charge on any atom is 0.0442 e. The number of rotatable bonds is 0. The molecule has 0 bridgehead atoms. The van der Waals surface area contributed by atoms with E-state index in [1.807, 2.05) is 7.05 Å². The molecule has 1 aliphatic rings. The van der Waals surface area contributed by atoms with E-state index in [2.05, 4.69) is 12.1 Å². The summed E-state index contributed by atoms with van der Waals surface area (Å²) in [5.41, 5.74) is 0. The second kappa shape index (κ2) is 0.230. The van der Waals surface area contributed by atoms with Gasteiger partial charge < -0.3 is 0 Å². The first kappa shape index (κ1) is 1.66. The lowest BCUT2D eigenvalue weighted by atomic mass is 11.2. The molecular weight excluding hydrogens is 50.0 g/mol. The molecule has 0 saturated carbocycles. The lowest BCUT2D eigenvalue weighted by Gasteiger charge is -1.70. The Morgan fingerprint density at radius 3 is 1.75 bits per heavy atom. The van der Waals surface area contributed by atoms with Crippen LogP contribution in [0.15, 0.2) is 0 Å². The number of hydrogen-bond acceptors (Lipinski definition) is 1. The van der Waals surface area contributed by atoms with Gasteiger partial charge in [-0.25, -0.2) is 0 Å². The summed E-state index contributed by atoms with van der Waals surface area (Å²) in [5, 5.41) is 0. The summed E-state index contributed by atoms with van der Waals surface area (Å²) in [6.45, 7) is 0. The zero-order valence-corrected chi connectivity index (χ0v) is 2.45. The van der Waals surface area contributed by atoms with Crippen LogP contribution < -0.4 is 0 Å². The van der Waals surface area contributed by atoms with Crippen LogP contribution in [0.2, 0.25) is 0 Å². The Kier molecular flexibility index (Phi) is 0.0952. The normalized spacial score (nSPS) is 13.8. The Morgan fingerprint density at radius 1 is 1.50 bits per heavy atom. The third-order valence-electron chi connectivity index (χ3n) is 0.335. The maximum absolute atomic E-state index is 2.68. The van der Waals surface area contributed by atoms with Gasteiger partial charge in [0, 0.05) is 19.1 Å². The summed E-state index contributed by atoms with van der Waals surface area (Å²) in [7, 11) is 1.89. The first-order valence-corrected chi connectivity index (χ1v) is 1.14. The van der Waals surface area contributed by atoms with Crippen LogP contribution >= 0.6 is 0 Å². The van der Waals surface area contributed by atoms with Gasteiger partial charge in [0.2, 0.25) is 0 Å². The molecule has 0 aromatic rings. The Bertz CT molecular complexity index is 67.0. The van der Waals surface area contributed by atoms with Gasteiger partial charge in [-0.05, 0) is 0 Å². The quantitative estimate of drug-likeness (QED) is 0.347. The Labute approximate surface area is 25.2 Å². The number of hydrogen-bond donors (Lipinski definition) is 0. The average Bonchev–Trinajstić information content (AvgIpc) is 1.75. The van der Waals surface area contributed by atoms with Crippen LogP contribution in [0.25, 0.3) is 0 Å². The third kappa shape index (κ3) is 0.0316. The van der Waals surface area contributed by atoms with E-state index in [1.54, 1.807) is 4.90 Å². The second-order valence-corrected chi connectivity index (χ2v) is 0.783. The van der Waals surface area contributed by atoms with Crippen LogP contribution in [-0.4, -0.2) is 11.9 Å². The van der Waals surface area contributed by atoms with Gasteiger partial charge in [0.05, 0.1) is 0 Å². The molecular formula is C3H3N. The fraction of sp³-hybridized carbons (Fsp3) is 0.333. The average molecular weight is 53.1 g/mol. The third-order valence-corrected chi connectivity index (χ3v) is 0.335. The fourth-order valence-electron chi connectivity index (χ4n) is 0.0500. The van der Waals surface area contributed by atoms with Crippen molar-refractivity contribution in [3.8, 4) is 12.1 Å². The Hall–Kier alpha value is -0.640. The van der Waals surface area contributed by atoms with Crippen LogP contribution in [0.4, 0.5) is 0 Å². The van der Waals surface area contributed by atoms with Crippen molar-refractivity contribution in [1.29, 1.82) is 0 Å². The topological polar surface area (TPSA) is 3.01 Å². The van der Waals surface area contributed by atoms with E-state index in [9.17, 15) is 0 Å². The molecule has 1 aliphatic heterocycles. The monoisotopic (exact) mass is 53.0 g/mol. The first-order chi connectivity index (χ1) is 1.89. The van der Waals surface area contributed by atoms with Crippen LogP contribution in [0.1, 0.15) is 0 Å². The van der Waals surface area contributed by atoms with E-state index in [1.165, 1.54) is 0 Å². The van der Waals surface area contributed by atoms with E-state index in [4.69, 9.17) is 0 Å². The second-order valence-electron chi connectivity index (χ2n) is 0.783. The summed E-state index contributed by atoms with van der Waals surface area (Å²) in [6, 6.07) is 5.36. The molecule has 0 aliphatic carbocycles. The van der Waals surface area contributed by atoms with E-state index in [-0.39, 0.29) is 0 Å². The van der Waals surface area contributed by atoms with Crippen molar-refractivity contribution < 1.29 is 0 Å². The molecule has 0 spiro atoms. The zero-order valence-electron chi connectivity index (χ0n) is 2.45. The molecule has 0 aromatic carbocycles. The van der Waals surface area contributed by atoms with Gasteiger partial charge in [0.1, 0.15) is 0 Å². The van der Waals surface area contributed by atoms with Gasteiger partial charge in [-0.1, -0.05) is 0 Å². The summed E-state index contributed by atoms with van der Waals surface area (Å²) in [4.78, 5) is 1.75. The molecule has 1 heterocycles. The predicted octanol–water partition coefficient (Wildman–Crippen LogP) is -0.150. The van der Waals surface area contributed by atoms with E-state index >= 15 is 0 Å². The minimum absolute atomic E-state index is 1.75. The maximum atomic E-state index is 2.68. The van der Waals surface area contributed by atoms with Crippen molar-refractivity contribution in [2.45, 2.75) is 0 Å². The van der Waals surface area contributed by atoms with Gasteiger partial charge in [-0.3, -0.25) is 4.90 Å². The molecule has 0 radical (unpaired) electrons. The highest BCUT2D eigenvalue weighted by molar-refractivity contribution is 5.16. The lowest BCUT2D eigenvalue weighted by molar-refractivity contribution is 0.787. The van der Waals surface area contributed by atoms with E-state index < -0.39 is 0 Å². The van der Waals surface area contributed by atoms with Crippen molar-refractivity contribution in [3.63, 3.8) is 0 Å². The van der Waals surface area contributed by atoms with Gasteiger partial charge in [0.25, 0.3) is 0 Å². The van der Waals surface area contributed by atoms with Crippen molar-refractivity contribution in [2.75, 3.05) is 7.05 Å².